The zero-order chi connectivity index (χ0) is 51.7. The number of ether oxygens (including phenoxy) is 4. The quantitative estimate of drug-likeness (QED) is 0.0364. The Labute approximate surface area is 406 Å². The molecule has 4 aliphatic heterocycles. The first-order valence-electron chi connectivity index (χ1n) is 23.3. The van der Waals surface area contributed by atoms with E-state index in [0.29, 0.717) is 19.6 Å². The normalized spacial score (nSPS) is 30.9. The third-order valence-corrected chi connectivity index (χ3v) is 13.9. The lowest BCUT2D eigenvalue weighted by Gasteiger charge is -2.42. The van der Waals surface area contributed by atoms with Gasteiger partial charge in [-0.3, -0.25) is 34.4 Å². The Morgan fingerprint density at radius 3 is 2.19 bits per heavy atom. The highest BCUT2D eigenvalue weighted by atomic mass is 16.7. The van der Waals surface area contributed by atoms with Gasteiger partial charge in [0.05, 0.1) is 70.0 Å². The number of aliphatic hydroxyl groups excluding tert-OH is 2. The number of aliphatic hydroxyl groups is 2. The molecule has 378 valence electrons. The molecule has 1 fully saturated rings. The predicted octanol–water partition coefficient (Wildman–Crippen LogP) is 6.59. The number of nitro benzene ring substituents is 1. The summed E-state index contributed by atoms with van der Waals surface area (Å²) >= 11 is 0. The van der Waals surface area contributed by atoms with Crippen molar-refractivity contribution in [2.75, 3.05) is 25.5 Å². The summed E-state index contributed by atoms with van der Waals surface area (Å²) in [6, 6.07) is 5.91. The van der Waals surface area contributed by atoms with Crippen molar-refractivity contribution in [3.63, 3.8) is 0 Å². The van der Waals surface area contributed by atoms with E-state index in [0.717, 1.165) is 5.56 Å². The largest absolute Gasteiger partial charge is 0.507 e. The van der Waals surface area contributed by atoms with Crippen LogP contribution in [0.3, 0.4) is 0 Å². The molecule has 0 saturated carbocycles. The van der Waals surface area contributed by atoms with Crippen molar-refractivity contribution in [3.05, 3.63) is 92.8 Å². The fourth-order valence-corrected chi connectivity index (χ4v) is 9.76. The first-order chi connectivity index (χ1) is 32.9. The smallest absolute Gasteiger partial charge is 0.312 e. The number of methoxy groups -OCH3 is 1. The van der Waals surface area contributed by atoms with E-state index in [9.17, 15) is 50.0 Å². The number of esters is 1. The Bertz CT molecular complexity index is 2620. The van der Waals surface area contributed by atoms with Gasteiger partial charge in [0.25, 0.3) is 17.4 Å². The number of phenolic OH excluding ortho intramolecular Hbond substituents is 3. The lowest BCUT2D eigenvalue weighted by atomic mass is 9.78. The molecule has 19 nitrogen and oxygen atoms in total. The number of carbonyl (C=O) groups is 3. The molecule has 19 heteroatoms. The summed E-state index contributed by atoms with van der Waals surface area (Å²) in [4.78, 5) is 54.0. The molecule has 4 heterocycles. The molecule has 6 N–H and O–H groups in total. The van der Waals surface area contributed by atoms with Crippen LogP contribution in [0.1, 0.15) is 89.4 Å². The molecule has 0 spiro atoms. The van der Waals surface area contributed by atoms with E-state index >= 15 is 0 Å². The molecule has 3 aromatic carbocycles. The van der Waals surface area contributed by atoms with Gasteiger partial charge in [0.1, 0.15) is 23.4 Å². The Morgan fingerprint density at radius 2 is 1.59 bits per heavy atom. The van der Waals surface area contributed by atoms with Gasteiger partial charge in [0, 0.05) is 92.9 Å². The van der Waals surface area contributed by atoms with E-state index in [4.69, 9.17) is 24.0 Å². The molecule has 70 heavy (non-hydrogen) atoms. The van der Waals surface area contributed by atoms with E-state index in [1.54, 1.807) is 57.0 Å². The number of anilines is 1. The number of allylic oxidation sites excluding steroid dienone is 2. The number of amides is 1. The molecule has 1 amide bonds. The number of phenols is 3. The number of hydrazone groups is 1. The monoisotopic (exact) mass is 971 g/mol. The number of nitrogens with zero attached hydrogens (tertiary/aromatic N) is 4. The maximum atomic E-state index is 14.7. The number of aromatic hydroxyl groups is 3. The number of Topliss-reactive ketones (excluding diaryl/α,β-unsaturated/α-hetero) is 1. The lowest BCUT2D eigenvalue weighted by molar-refractivity contribution is -0.384. The van der Waals surface area contributed by atoms with Gasteiger partial charge < -0.3 is 49.8 Å². The van der Waals surface area contributed by atoms with Crippen molar-refractivity contribution in [1.82, 2.24) is 9.91 Å². The highest BCUT2D eigenvalue weighted by molar-refractivity contribution is 6.23. The standard InChI is InChI=1S/C51H65N5O14/c1-25-13-12-14-26(2)50(64)53-41-36(21-52-55-27(3)22-54(23-28(55)4)24-34-15-17-35(18-16-34)56(65)66)45(61)38-39(46(41)62)44(60)32(8)48-40(38)49(63)51(10,70-48)68-20-19-37(67-11)29(5)47(69-33(9)57)31(7)43(59)30(6)42(25)58/h12-21,25,27-31,37,42-43,47,58-62H,22-24H2,1-11H3,(H,53,64)/b13-12+,20-19+,26-14-,52-21-/t25-,27?,28?,29+,30+,31+,37-,42-,43+,47+,51-/m0/s1. The molecular formula is C51H65N5O14. The Morgan fingerprint density at radius 1 is 0.943 bits per heavy atom. The number of benzene rings is 3. The van der Waals surface area contributed by atoms with Gasteiger partial charge in [-0.05, 0) is 39.3 Å². The second kappa shape index (κ2) is 21.2. The number of ketones is 1. The number of non-ortho nitro benzene ring substituents is 1. The van der Waals surface area contributed by atoms with Gasteiger partial charge in [-0.2, -0.15) is 5.10 Å². The van der Waals surface area contributed by atoms with Gasteiger partial charge >= 0.3 is 11.8 Å². The number of rotatable bonds is 7. The van der Waals surface area contributed by atoms with Crippen molar-refractivity contribution >= 4 is 46.0 Å². The van der Waals surface area contributed by atoms with Crippen LogP contribution in [0.25, 0.3) is 10.8 Å². The summed E-state index contributed by atoms with van der Waals surface area (Å²) in [6.07, 6.45) is 4.63. The topological polar surface area (TPSA) is 263 Å². The van der Waals surface area contributed by atoms with Crippen molar-refractivity contribution in [2.24, 2.45) is 28.8 Å². The minimum Gasteiger partial charge on any atom is -0.507 e. The van der Waals surface area contributed by atoms with E-state index in [1.165, 1.54) is 71.6 Å². The first-order valence-corrected chi connectivity index (χ1v) is 23.3. The van der Waals surface area contributed by atoms with E-state index in [-0.39, 0.29) is 62.2 Å². The van der Waals surface area contributed by atoms with Crippen molar-refractivity contribution in [3.8, 4) is 23.0 Å². The summed E-state index contributed by atoms with van der Waals surface area (Å²) in [7, 11) is 1.43. The molecule has 0 radical (unpaired) electrons. The molecule has 1 saturated heterocycles. The average molecular weight is 972 g/mol. The SMILES string of the molecule is CO[C@H]1/C=C/O[C@@]2(C)Oc3c(C)c(O)c4c(O)c(c(/C=N\N5C(C)CN(Cc6ccc([N+](=O)[O-])cc6)CC5C)c(O)c4c3C2=O)NC(=O)/C(C)=C\C=C\[C@H](C)[C@H](O)[C@@H](C)[C@@H](O)[C@@H](C)[C@H](OC(C)=O)[C@@H]1C. The number of carbonyl (C=O) groups excluding carboxylic acids is 3. The van der Waals surface area contributed by atoms with Crippen molar-refractivity contribution in [2.45, 2.75) is 118 Å². The summed E-state index contributed by atoms with van der Waals surface area (Å²) in [6.45, 7) is 17.9. The highest BCUT2D eigenvalue weighted by Gasteiger charge is 2.50. The first kappa shape index (κ1) is 52.8. The van der Waals surface area contributed by atoms with Gasteiger partial charge in [-0.15, -0.1) is 0 Å². The number of piperazine rings is 1. The van der Waals surface area contributed by atoms with Crippen LogP contribution in [-0.2, 0) is 30.3 Å². The predicted molar refractivity (Wildman–Crippen MR) is 261 cm³/mol. The summed E-state index contributed by atoms with van der Waals surface area (Å²) in [5, 5.41) is 79.2. The lowest BCUT2D eigenvalue weighted by Crippen LogP contribution is -2.54. The van der Waals surface area contributed by atoms with E-state index in [1.807, 2.05) is 13.8 Å². The summed E-state index contributed by atoms with van der Waals surface area (Å²) in [5.74, 6) is -8.81. The van der Waals surface area contributed by atoms with Crippen LogP contribution >= 0.6 is 0 Å². The van der Waals surface area contributed by atoms with Gasteiger partial charge in [0.2, 0.25) is 0 Å². The number of nitro groups is 1. The van der Waals surface area contributed by atoms with Crippen molar-refractivity contribution < 1.29 is 63.8 Å². The third-order valence-electron chi connectivity index (χ3n) is 13.9. The van der Waals surface area contributed by atoms with E-state index < -0.39 is 93.7 Å². The maximum Gasteiger partial charge on any atom is 0.312 e. The number of hydrogen-bond acceptors (Lipinski definition) is 17. The highest BCUT2D eigenvalue weighted by Crippen LogP contribution is 2.55. The van der Waals surface area contributed by atoms with Crippen LogP contribution in [0.15, 0.2) is 65.5 Å². The maximum absolute atomic E-state index is 14.7. The molecule has 11 atom stereocenters. The van der Waals surface area contributed by atoms with Gasteiger partial charge in [-0.25, -0.2) is 0 Å². The molecule has 0 aliphatic carbocycles. The minimum atomic E-state index is -2.10. The third kappa shape index (κ3) is 10.5. The second-order valence-electron chi connectivity index (χ2n) is 19.1. The fraction of sp³-hybridized carbons (Fsp3) is 0.490. The fourth-order valence-electron chi connectivity index (χ4n) is 9.76. The second-order valence-corrected chi connectivity index (χ2v) is 19.1. The van der Waals surface area contributed by atoms with Crippen LogP contribution < -0.4 is 10.1 Å². The number of fused-ring (bicyclic) bond motifs is 14. The van der Waals surface area contributed by atoms with Crippen LogP contribution in [-0.4, -0.2) is 127 Å². The van der Waals surface area contributed by atoms with Crippen LogP contribution in [0, 0.1) is 40.7 Å². The van der Waals surface area contributed by atoms with Gasteiger partial charge in [0.15, 0.2) is 5.75 Å². The molecule has 7 rings (SSSR count). The Hall–Kier alpha value is -6.54. The van der Waals surface area contributed by atoms with Gasteiger partial charge in [-0.1, -0.05) is 58.1 Å². The average Bonchev–Trinajstić information content (AvgIpc) is 3.57. The molecule has 2 unspecified atom stereocenters. The minimum absolute atomic E-state index is 0.00438. The molecule has 4 aliphatic rings. The summed E-state index contributed by atoms with van der Waals surface area (Å²) in [5.41, 5.74) is 0.292. The molecule has 5 bridgehead atoms. The summed E-state index contributed by atoms with van der Waals surface area (Å²) < 4.78 is 23.8. The van der Waals surface area contributed by atoms with Crippen molar-refractivity contribution in [1.29, 1.82) is 0 Å². The van der Waals surface area contributed by atoms with E-state index in [2.05, 4.69) is 10.2 Å². The van der Waals surface area contributed by atoms with Crippen LogP contribution in [0.4, 0.5) is 11.4 Å². The van der Waals surface area contributed by atoms with Crippen LogP contribution in [0.2, 0.25) is 0 Å². The number of hydrogen-bond donors (Lipinski definition) is 6. The zero-order valence-corrected chi connectivity index (χ0v) is 41.4. The van der Waals surface area contributed by atoms with Crippen LogP contribution in [0.5, 0.6) is 23.0 Å². The number of nitrogens with one attached hydrogen (secondary N) is 1. The molecule has 3 aromatic rings. The Balaban J connectivity index is 1.46. The Kier molecular flexibility index (Phi) is 16.0. The zero-order valence-electron chi connectivity index (χ0n) is 41.4. The molecule has 0 aromatic heterocycles. The molecular weight excluding hydrogens is 907 g/mol.